The molecule has 0 radical (unpaired) electrons. The zero-order valence-corrected chi connectivity index (χ0v) is 15.5. The van der Waals surface area contributed by atoms with Gasteiger partial charge in [0, 0.05) is 36.3 Å². The summed E-state index contributed by atoms with van der Waals surface area (Å²) in [5.41, 5.74) is 1.79. The number of carbonyl (C=O) groups is 1. The predicted octanol–water partition coefficient (Wildman–Crippen LogP) is 3.95. The smallest absolute Gasteiger partial charge is 0.164 e. The molecule has 1 aliphatic heterocycles. The van der Waals surface area contributed by atoms with Crippen LogP contribution >= 0.6 is 0 Å². The molecule has 1 unspecified atom stereocenters. The highest BCUT2D eigenvalue weighted by Gasteiger charge is 2.28. The first-order valence-electron chi connectivity index (χ1n) is 8.82. The Balaban J connectivity index is 1.74. The summed E-state index contributed by atoms with van der Waals surface area (Å²) in [4.78, 5) is 15.0. The minimum absolute atomic E-state index is 0.157. The van der Waals surface area contributed by atoms with Crippen molar-refractivity contribution in [2.45, 2.75) is 25.3 Å². The van der Waals surface area contributed by atoms with Gasteiger partial charge < -0.3 is 19.1 Å². The van der Waals surface area contributed by atoms with E-state index in [1.165, 1.54) is 0 Å². The van der Waals surface area contributed by atoms with E-state index in [0.29, 0.717) is 17.9 Å². The van der Waals surface area contributed by atoms with Gasteiger partial charge in [0.1, 0.15) is 5.75 Å². The van der Waals surface area contributed by atoms with E-state index in [9.17, 15) is 4.79 Å². The maximum Gasteiger partial charge on any atom is 0.164 e. The summed E-state index contributed by atoms with van der Waals surface area (Å²) < 4.78 is 15.9. The van der Waals surface area contributed by atoms with Gasteiger partial charge in [-0.2, -0.15) is 0 Å². The van der Waals surface area contributed by atoms with Gasteiger partial charge in [0.25, 0.3) is 0 Å². The Morgan fingerprint density at radius 2 is 1.73 bits per heavy atom. The quantitative estimate of drug-likeness (QED) is 0.704. The van der Waals surface area contributed by atoms with Crippen LogP contribution in [0.3, 0.4) is 0 Å². The van der Waals surface area contributed by atoms with Gasteiger partial charge in [-0.1, -0.05) is 0 Å². The minimum Gasteiger partial charge on any atom is -0.497 e. The van der Waals surface area contributed by atoms with Gasteiger partial charge in [0.15, 0.2) is 17.3 Å². The van der Waals surface area contributed by atoms with Gasteiger partial charge in [-0.15, -0.1) is 0 Å². The fraction of sp³-hybridized carbons (Fsp3) is 0.381. The highest BCUT2D eigenvalue weighted by molar-refractivity contribution is 5.96. The van der Waals surface area contributed by atoms with E-state index in [4.69, 9.17) is 14.2 Å². The van der Waals surface area contributed by atoms with Crippen molar-refractivity contribution in [3.8, 4) is 17.2 Å². The molecule has 0 bridgehead atoms. The molecule has 3 rings (SSSR count). The Hall–Kier alpha value is -2.69. The summed E-state index contributed by atoms with van der Waals surface area (Å²) in [6, 6.07) is 13.4. The fourth-order valence-corrected chi connectivity index (χ4v) is 3.50. The first-order valence-corrected chi connectivity index (χ1v) is 8.82. The van der Waals surface area contributed by atoms with E-state index in [0.717, 1.165) is 36.4 Å². The van der Waals surface area contributed by atoms with Crippen LogP contribution in [0.4, 0.5) is 5.69 Å². The van der Waals surface area contributed by atoms with Crippen LogP contribution in [0.15, 0.2) is 42.5 Å². The van der Waals surface area contributed by atoms with Crippen LogP contribution in [0, 0.1) is 0 Å². The topological polar surface area (TPSA) is 48.0 Å². The number of ether oxygens (including phenoxy) is 3. The summed E-state index contributed by atoms with van der Waals surface area (Å²) in [7, 11) is 4.89. The molecule has 5 heteroatoms. The standard InChI is InChI=1S/C21H25NO4/c1-24-18-9-6-15(7-10-18)19(23)13-16-5-4-12-22(16)17-8-11-20(25-2)21(14-17)26-3/h6-11,14,16H,4-5,12-13H2,1-3H3. The van der Waals surface area contributed by atoms with Gasteiger partial charge in [0.05, 0.1) is 21.3 Å². The maximum absolute atomic E-state index is 12.7. The van der Waals surface area contributed by atoms with Crippen LogP contribution in [0.2, 0.25) is 0 Å². The SMILES string of the molecule is COc1ccc(C(=O)CC2CCCN2c2ccc(OC)c(OC)c2)cc1. The Kier molecular flexibility index (Phi) is 5.66. The van der Waals surface area contributed by atoms with E-state index >= 15 is 0 Å². The summed E-state index contributed by atoms with van der Waals surface area (Å²) in [6.07, 6.45) is 2.59. The van der Waals surface area contributed by atoms with Crippen molar-refractivity contribution in [1.29, 1.82) is 0 Å². The average molecular weight is 355 g/mol. The molecule has 0 aliphatic carbocycles. The molecule has 5 nitrogen and oxygen atoms in total. The Labute approximate surface area is 154 Å². The fourth-order valence-electron chi connectivity index (χ4n) is 3.50. The van der Waals surface area contributed by atoms with E-state index < -0.39 is 0 Å². The summed E-state index contributed by atoms with van der Waals surface area (Å²) >= 11 is 0. The summed E-state index contributed by atoms with van der Waals surface area (Å²) in [5, 5.41) is 0. The zero-order chi connectivity index (χ0) is 18.5. The molecular formula is C21H25NO4. The highest BCUT2D eigenvalue weighted by atomic mass is 16.5. The van der Waals surface area contributed by atoms with Crippen molar-refractivity contribution in [2.24, 2.45) is 0 Å². The van der Waals surface area contributed by atoms with E-state index in [1.54, 1.807) is 21.3 Å². The molecule has 1 aliphatic rings. The Bertz CT molecular complexity index is 757. The van der Waals surface area contributed by atoms with Gasteiger partial charge in [-0.25, -0.2) is 0 Å². The van der Waals surface area contributed by atoms with Crippen molar-refractivity contribution in [2.75, 3.05) is 32.8 Å². The third-order valence-corrected chi connectivity index (χ3v) is 4.91. The van der Waals surface area contributed by atoms with Crippen LogP contribution in [-0.2, 0) is 0 Å². The monoisotopic (exact) mass is 355 g/mol. The molecule has 26 heavy (non-hydrogen) atoms. The Morgan fingerprint density at radius 1 is 1.00 bits per heavy atom. The number of hydrogen-bond donors (Lipinski definition) is 0. The molecule has 1 atom stereocenters. The lowest BCUT2D eigenvalue weighted by atomic mass is 10.0. The van der Waals surface area contributed by atoms with Gasteiger partial charge in [-0.3, -0.25) is 4.79 Å². The molecule has 0 aromatic heterocycles. The summed E-state index contributed by atoms with van der Waals surface area (Å²) in [6.45, 7) is 0.941. The summed E-state index contributed by atoms with van der Waals surface area (Å²) in [5.74, 6) is 2.33. The van der Waals surface area contributed by atoms with Crippen molar-refractivity contribution in [1.82, 2.24) is 0 Å². The van der Waals surface area contributed by atoms with Crippen molar-refractivity contribution in [3.63, 3.8) is 0 Å². The number of ketones is 1. The van der Waals surface area contributed by atoms with Crippen LogP contribution in [-0.4, -0.2) is 39.7 Å². The first kappa shape index (κ1) is 18.1. The van der Waals surface area contributed by atoms with Crippen molar-refractivity contribution >= 4 is 11.5 Å². The van der Waals surface area contributed by atoms with Crippen LogP contribution in [0.5, 0.6) is 17.2 Å². The molecule has 1 fully saturated rings. The molecule has 1 heterocycles. The van der Waals surface area contributed by atoms with Gasteiger partial charge in [-0.05, 0) is 49.2 Å². The molecule has 2 aromatic carbocycles. The number of Topliss-reactive ketones (excluding diaryl/α,β-unsaturated/α-hetero) is 1. The molecule has 0 saturated carbocycles. The highest BCUT2D eigenvalue weighted by Crippen LogP contribution is 2.35. The van der Waals surface area contributed by atoms with E-state index in [2.05, 4.69) is 4.90 Å². The van der Waals surface area contributed by atoms with Crippen molar-refractivity contribution < 1.29 is 19.0 Å². The lowest BCUT2D eigenvalue weighted by molar-refractivity contribution is 0.0974. The number of benzene rings is 2. The normalized spacial score (nSPS) is 16.4. The van der Waals surface area contributed by atoms with Gasteiger partial charge in [0.2, 0.25) is 0 Å². The second-order valence-electron chi connectivity index (χ2n) is 6.38. The molecule has 0 amide bonds. The number of methoxy groups -OCH3 is 3. The molecule has 0 spiro atoms. The minimum atomic E-state index is 0.157. The average Bonchev–Trinajstić information content (AvgIpc) is 3.15. The zero-order valence-electron chi connectivity index (χ0n) is 15.5. The number of anilines is 1. The van der Waals surface area contributed by atoms with Crippen LogP contribution in [0.1, 0.15) is 29.6 Å². The first-order chi connectivity index (χ1) is 12.7. The van der Waals surface area contributed by atoms with Crippen LogP contribution in [0.25, 0.3) is 0 Å². The third-order valence-electron chi connectivity index (χ3n) is 4.91. The molecule has 0 N–H and O–H groups in total. The van der Waals surface area contributed by atoms with E-state index in [-0.39, 0.29) is 11.8 Å². The molecule has 138 valence electrons. The Morgan fingerprint density at radius 3 is 2.38 bits per heavy atom. The van der Waals surface area contributed by atoms with Gasteiger partial charge >= 0.3 is 0 Å². The number of rotatable bonds is 7. The molecular weight excluding hydrogens is 330 g/mol. The number of carbonyl (C=O) groups excluding carboxylic acids is 1. The third kappa shape index (κ3) is 3.77. The lowest BCUT2D eigenvalue weighted by Crippen LogP contribution is -2.31. The predicted molar refractivity (Wildman–Crippen MR) is 102 cm³/mol. The number of hydrogen-bond acceptors (Lipinski definition) is 5. The van der Waals surface area contributed by atoms with Crippen molar-refractivity contribution in [3.05, 3.63) is 48.0 Å². The molecule has 2 aromatic rings. The lowest BCUT2D eigenvalue weighted by Gasteiger charge is -2.27. The second kappa shape index (κ2) is 8.13. The van der Waals surface area contributed by atoms with E-state index in [1.807, 2.05) is 42.5 Å². The second-order valence-corrected chi connectivity index (χ2v) is 6.38. The maximum atomic E-state index is 12.7. The van der Waals surface area contributed by atoms with Crippen LogP contribution < -0.4 is 19.1 Å². The molecule has 1 saturated heterocycles. The number of nitrogens with zero attached hydrogens (tertiary/aromatic N) is 1. The largest absolute Gasteiger partial charge is 0.497 e.